The van der Waals surface area contributed by atoms with Crippen molar-refractivity contribution in [3.05, 3.63) is 46.2 Å². The first-order valence-corrected chi connectivity index (χ1v) is 8.90. The summed E-state index contributed by atoms with van der Waals surface area (Å²) in [7, 11) is 0. The molecule has 1 aliphatic heterocycles. The first kappa shape index (κ1) is 18.7. The highest BCUT2D eigenvalue weighted by molar-refractivity contribution is 6.30. The number of aliphatic hydroxyl groups excluding tert-OH is 1. The number of ether oxygens (including phenoxy) is 1. The second-order valence-corrected chi connectivity index (χ2v) is 6.89. The van der Waals surface area contributed by atoms with Crippen LogP contribution in [-0.4, -0.2) is 44.0 Å². The van der Waals surface area contributed by atoms with Crippen molar-refractivity contribution in [1.29, 1.82) is 0 Å². The van der Waals surface area contributed by atoms with E-state index in [4.69, 9.17) is 21.4 Å². The quantitative estimate of drug-likeness (QED) is 0.801. The molecule has 7 nitrogen and oxygen atoms in total. The number of aliphatic hydroxyl groups is 1. The van der Waals surface area contributed by atoms with Gasteiger partial charge in [0.05, 0.1) is 17.5 Å². The topological polar surface area (TPSA) is 87.8 Å². The van der Waals surface area contributed by atoms with Crippen LogP contribution in [0.25, 0.3) is 0 Å². The zero-order valence-corrected chi connectivity index (χ0v) is 15.3. The Kier molecular flexibility index (Phi) is 5.80. The third-order valence-electron chi connectivity index (χ3n) is 4.31. The van der Waals surface area contributed by atoms with Crippen molar-refractivity contribution >= 4 is 17.6 Å². The van der Waals surface area contributed by atoms with Crippen molar-refractivity contribution in [1.82, 2.24) is 14.7 Å². The second-order valence-electron chi connectivity index (χ2n) is 6.46. The Morgan fingerprint density at radius 1 is 1.38 bits per heavy atom. The first-order valence-electron chi connectivity index (χ1n) is 8.52. The molecule has 0 amide bonds. The molecule has 1 aromatic heterocycles. The van der Waals surface area contributed by atoms with Crippen LogP contribution in [0.3, 0.4) is 0 Å². The fraction of sp³-hybridized carbons (Fsp3) is 0.444. The number of carboxylic acid groups (broad SMARTS) is 1. The van der Waals surface area contributed by atoms with Crippen LogP contribution >= 0.6 is 11.6 Å². The number of hydrogen-bond donors (Lipinski definition) is 2. The van der Waals surface area contributed by atoms with Crippen LogP contribution in [0.15, 0.2) is 24.3 Å². The van der Waals surface area contributed by atoms with E-state index >= 15 is 0 Å². The Labute approximate surface area is 156 Å². The number of benzene rings is 1. The molecule has 2 aromatic rings. The molecule has 3 rings (SSSR count). The fourth-order valence-corrected chi connectivity index (χ4v) is 3.28. The minimum atomic E-state index is -1.02. The van der Waals surface area contributed by atoms with Crippen LogP contribution in [0.2, 0.25) is 5.02 Å². The molecule has 0 saturated carbocycles. The van der Waals surface area contributed by atoms with Gasteiger partial charge in [-0.3, -0.25) is 9.58 Å². The Morgan fingerprint density at radius 2 is 2.19 bits per heavy atom. The van der Waals surface area contributed by atoms with Gasteiger partial charge in [-0.1, -0.05) is 11.6 Å². The largest absolute Gasteiger partial charge is 0.482 e. The summed E-state index contributed by atoms with van der Waals surface area (Å²) < 4.78 is 7.34. The summed E-state index contributed by atoms with van der Waals surface area (Å²) in [6, 6.07) is 7.13. The fourth-order valence-electron chi connectivity index (χ4n) is 3.08. The van der Waals surface area contributed by atoms with E-state index in [1.165, 1.54) is 0 Å². The van der Waals surface area contributed by atoms with Gasteiger partial charge in [0.2, 0.25) is 0 Å². The highest BCUT2D eigenvalue weighted by Crippen LogP contribution is 2.26. The number of halogens is 1. The summed E-state index contributed by atoms with van der Waals surface area (Å²) in [5.41, 5.74) is 2.57. The van der Waals surface area contributed by atoms with Gasteiger partial charge >= 0.3 is 5.97 Å². The van der Waals surface area contributed by atoms with Gasteiger partial charge in [0.1, 0.15) is 5.75 Å². The highest BCUT2D eigenvalue weighted by Gasteiger charge is 2.19. The molecule has 0 bridgehead atoms. The van der Waals surface area contributed by atoms with Crippen molar-refractivity contribution in [2.24, 2.45) is 0 Å². The van der Waals surface area contributed by atoms with Gasteiger partial charge in [0.15, 0.2) is 6.61 Å². The molecule has 2 heterocycles. The van der Waals surface area contributed by atoms with Gasteiger partial charge in [-0.15, -0.1) is 0 Å². The summed E-state index contributed by atoms with van der Waals surface area (Å²) in [5.74, 6) is -0.491. The number of rotatable bonds is 6. The maximum absolute atomic E-state index is 10.8. The molecule has 1 atom stereocenters. The van der Waals surface area contributed by atoms with E-state index in [0.717, 1.165) is 30.8 Å². The van der Waals surface area contributed by atoms with Gasteiger partial charge in [-0.05, 0) is 37.6 Å². The van der Waals surface area contributed by atoms with Crippen LogP contribution in [0.4, 0.5) is 0 Å². The summed E-state index contributed by atoms with van der Waals surface area (Å²) in [4.78, 5) is 13.0. The molecule has 1 aliphatic rings. The molecule has 2 N–H and O–H groups in total. The molecular weight excluding hydrogens is 358 g/mol. The Balaban J connectivity index is 1.77. The number of aromatic nitrogens is 2. The van der Waals surface area contributed by atoms with E-state index in [0.29, 0.717) is 29.6 Å². The standard InChI is InChI=1S/C18H22ClN3O4/c1-12(23)16-8-15-10-21(5-2-6-22(15)20-16)9-13-7-14(19)3-4-17(13)26-11-18(24)25/h3-4,7-8,12,23H,2,5-6,9-11H2,1H3,(H,24,25)/t12-/m0/s1. The summed E-state index contributed by atoms with van der Waals surface area (Å²) in [6.07, 6.45) is 0.339. The van der Waals surface area contributed by atoms with Crippen LogP contribution in [0.5, 0.6) is 5.75 Å². The zero-order chi connectivity index (χ0) is 18.7. The van der Waals surface area contributed by atoms with E-state index in [-0.39, 0.29) is 6.61 Å². The van der Waals surface area contributed by atoms with Crippen molar-refractivity contribution in [2.45, 2.75) is 39.1 Å². The smallest absolute Gasteiger partial charge is 0.341 e. The molecule has 0 fully saturated rings. The number of nitrogens with zero attached hydrogens (tertiary/aromatic N) is 3. The highest BCUT2D eigenvalue weighted by atomic mass is 35.5. The average molecular weight is 380 g/mol. The van der Waals surface area contributed by atoms with Crippen LogP contribution in [0.1, 0.15) is 36.4 Å². The van der Waals surface area contributed by atoms with Crippen LogP contribution in [0, 0.1) is 0 Å². The number of hydrogen-bond acceptors (Lipinski definition) is 5. The molecule has 8 heteroatoms. The minimum absolute atomic E-state index is 0.390. The van der Waals surface area contributed by atoms with Crippen LogP contribution in [-0.2, 0) is 24.4 Å². The Morgan fingerprint density at radius 3 is 2.92 bits per heavy atom. The predicted octanol–water partition coefficient (Wildman–Crippen LogP) is 2.46. The van der Waals surface area contributed by atoms with Crippen molar-refractivity contribution in [3.8, 4) is 5.75 Å². The van der Waals surface area contributed by atoms with Gasteiger partial charge in [0.25, 0.3) is 0 Å². The van der Waals surface area contributed by atoms with Crippen LogP contribution < -0.4 is 4.74 Å². The predicted molar refractivity (Wildman–Crippen MR) is 96.2 cm³/mol. The lowest BCUT2D eigenvalue weighted by Gasteiger charge is -2.21. The summed E-state index contributed by atoms with van der Waals surface area (Å²) in [6.45, 7) is 4.27. The van der Waals surface area contributed by atoms with E-state index in [1.54, 1.807) is 19.1 Å². The molecule has 0 saturated heterocycles. The number of aliphatic carboxylic acids is 1. The third-order valence-corrected chi connectivity index (χ3v) is 4.54. The molecule has 1 aromatic carbocycles. The molecular formula is C18H22ClN3O4. The lowest BCUT2D eigenvalue weighted by Crippen LogP contribution is -2.23. The average Bonchev–Trinajstić information content (AvgIpc) is 2.88. The van der Waals surface area contributed by atoms with E-state index in [1.807, 2.05) is 16.8 Å². The normalized spacial score (nSPS) is 16.0. The van der Waals surface area contributed by atoms with Crippen molar-refractivity contribution < 1.29 is 19.7 Å². The van der Waals surface area contributed by atoms with Crippen molar-refractivity contribution in [3.63, 3.8) is 0 Å². The monoisotopic (exact) mass is 379 g/mol. The number of fused-ring (bicyclic) bond motifs is 1. The maximum Gasteiger partial charge on any atom is 0.341 e. The lowest BCUT2D eigenvalue weighted by molar-refractivity contribution is -0.139. The van der Waals surface area contributed by atoms with Crippen molar-refractivity contribution in [2.75, 3.05) is 13.2 Å². The third kappa shape index (κ3) is 4.55. The molecule has 26 heavy (non-hydrogen) atoms. The number of aryl methyl sites for hydroxylation is 1. The van der Waals surface area contributed by atoms with E-state index in [2.05, 4.69) is 10.00 Å². The minimum Gasteiger partial charge on any atom is -0.482 e. The Hall–Kier alpha value is -2.09. The van der Waals surface area contributed by atoms with Gasteiger partial charge in [-0.2, -0.15) is 5.10 Å². The first-order chi connectivity index (χ1) is 12.4. The Bertz CT molecular complexity index is 791. The SMILES string of the molecule is C[C@H](O)c1cc2n(n1)CCCN(Cc1cc(Cl)ccc1OCC(=O)O)C2. The second kappa shape index (κ2) is 8.07. The maximum atomic E-state index is 10.8. The number of carboxylic acids is 1. The molecule has 0 spiro atoms. The van der Waals surface area contributed by atoms with Gasteiger partial charge in [-0.25, -0.2) is 4.79 Å². The zero-order valence-electron chi connectivity index (χ0n) is 14.6. The lowest BCUT2D eigenvalue weighted by atomic mass is 10.1. The van der Waals surface area contributed by atoms with Gasteiger partial charge in [0, 0.05) is 36.8 Å². The number of carbonyl (C=O) groups is 1. The molecule has 0 radical (unpaired) electrons. The molecule has 0 unspecified atom stereocenters. The summed E-state index contributed by atoms with van der Waals surface area (Å²) in [5, 5.41) is 23.6. The van der Waals surface area contributed by atoms with Gasteiger partial charge < -0.3 is 14.9 Å². The van der Waals surface area contributed by atoms with E-state index < -0.39 is 12.1 Å². The molecule has 140 valence electrons. The summed E-state index contributed by atoms with van der Waals surface area (Å²) >= 11 is 6.12. The molecule has 0 aliphatic carbocycles. The van der Waals surface area contributed by atoms with E-state index in [9.17, 15) is 9.90 Å².